The summed E-state index contributed by atoms with van der Waals surface area (Å²) in [6.07, 6.45) is 1.67. The first-order valence-electron chi connectivity index (χ1n) is 6.38. The predicted octanol–water partition coefficient (Wildman–Crippen LogP) is 3.25. The van der Waals surface area contributed by atoms with Crippen LogP contribution in [0.3, 0.4) is 0 Å². The highest BCUT2D eigenvalue weighted by molar-refractivity contribution is 9.10. The Morgan fingerprint density at radius 2 is 2.10 bits per heavy atom. The van der Waals surface area contributed by atoms with Gasteiger partial charge in [0.1, 0.15) is 5.76 Å². The van der Waals surface area contributed by atoms with Gasteiger partial charge in [-0.3, -0.25) is 4.99 Å². The molecule has 0 fully saturated rings. The van der Waals surface area contributed by atoms with Crippen LogP contribution in [-0.4, -0.2) is 25.0 Å². The van der Waals surface area contributed by atoms with Crippen LogP contribution < -0.4 is 5.32 Å². The Hall–Kier alpha value is -1.75. The van der Waals surface area contributed by atoms with Crippen molar-refractivity contribution < 1.29 is 4.42 Å². The van der Waals surface area contributed by atoms with Crippen molar-refractivity contribution in [2.45, 2.75) is 13.1 Å². The summed E-state index contributed by atoms with van der Waals surface area (Å²) >= 11 is 3.56. The van der Waals surface area contributed by atoms with Gasteiger partial charge in [-0.1, -0.05) is 34.1 Å². The van der Waals surface area contributed by atoms with Gasteiger partial charge in [0.15, 0.2) is 5.96 Å². The Morgan fingerprint density at radius 1 is 1.30 bits per heavy atom. The summed E-state index contributed by atoms with van der Waals surface area (Å²) in [7, 11) is 3.79. The van der Waals surface area contributed by atoms with Crippen LogP contribution in [0, 0.1) is 0 Å². The number of nitrogens with one attached hydrogen (secondary N) is 1. The van der Waals surface area contributed by atoms with Gasteiger partial charge >= 0.3 is 0 Å². The van der Waals surface area contributed by atoms with Gasteiger partial charge in [0.25, 0.3) is 0 Å². The predicted molar refractivity (Wildman–Crippen MR) is 84.5 cm³/mol. The molecule has 0 atom stereocenters. The molecule has 1 aromatic heterocycles. The van der Waals surface area contributed by atoms with Gasteiger partial charge in [-0.2, -0.15) is 0 Å². The van der Waals surface area contributed by atoms with Crippen molar-refractivity contribution in [3.8, 4) is 0 Å². The maximum Gasteiger partial charge on any atom is 0.194 e. The van der Waals surface area contributed by atoms with Crippen LogP contribution in [0.2, 0.25) is 0 Å². The summed E-state index contributed by atoms with van der Waals surface area (Å²) in [5.74, 6) is 1.72. The lowest BCUT2D eigenvalue weighted by atomic mass is 10.2. The number of nitrogens with zero attached hydrogens (tertiary/aromatic N) is 2. The van der Waals surface area contributed by atoms with Crippen molar-refractivity contribution in [1.29, 1.82) is 0 Å². The molecule has 0 saturated carbocycles. The minimum absolute atomic E-state index is 0.625. The summed E-state index contributed by atoms with van der Waals surface area (Å²) in [5, 5.41) is 3.28. The number of halogens is 1. The summed E-state index contributed by atoms with van der Waals surface area (Å²) in [5.41, 5.74) is 1.22. The van der Waals surface area contributed by atoms with Gasteiger partial charge in [-0.25, -0.2) is 0 Å². The van der Waals surface area contributed by atoms with Crippen molar-refractivity contribution in [2.24, 2.45) is 4.99 Å². The maximum absolute atomic E-state index is 5.30. The molecule has 1 aromatic carbocycles. The highest BCUT2D eigenvalue weighted by atomic mass is 79.9. The number of guanidine groups is 1. The molecular formula is C15H18BrN3O. The van der Waals surface area contributed by atoms with E-state index in [9.17, 15) is 0 Å². The van der Waals surface area contributed by atoms with Crippen molar-refractivity contribution in [3.63, 3.8) is 0 Å². The van der Waals surface area contributed by atoms with Crippen LogP contribution in [0.4, 0.5) is 0 Å². The first-order valence-corrected chi connectivity index (χ1v) is 7.17. The molecule has 0 bridgehead atoms. The van der Waals surface area contributed by atoms with Crippen LogP contribution in [0.1, 0.15) is 11.3 Å². The Bertz CT molecular complexity index is 566. The van der Waals surface area contributed by atoms with E-state index < -0.39 is 0 Å². The Balaban J connectivity index is 1.95. The van der Waals surface area contributed by atoms with Crippen molar-refractivity contribution in [2.75, 3.05) is 14.1 Å². The summed E-state index contributed by atoms with van der Waals surface area (Å²) in [4.78, 5) is 6.36. The van der Waals surface area contributed by atoms with E-state index in [1.54, 1.807) is 13.3 Å². The lowest BCUT2D eigenvalue weighted by Crippen LogP contribution is -2.38. The number of rotatable bonds is 4. The third-order valence-corrected chi connectivity index (χ3v) is 3.71. The van der Waals surface area contributed by atoms with E-state index in [0.717, 1.165) is 22.7 Å². The monoisotopic (exact) mass is 335 g/mol. The van der Waals surface area contributed by atoms with Crippen molar-refractivity contribution >= 4 is 21.9 Å². The molecule has 1 N–H and O–H groups in total. The largest absolute Gasteiger partial charge is 0.467 e. The molecular weight excluding hydrogens is 318 g/mol. The van der Waals surface area contributed by atoms with Gasteiger partial charge < -0.3 is 14.6 Å². The number of aliphatic imine (C=N–C) groups is 1. The van der Waals surface area contributed by atoms with Gasteiger partial charge in [0.05, 0.1) is 12.8 Å². The molecule has 0 aliphatic heterocycles. The first-order chi connectivity index (χ1) is 9.70. The molecule has 20 heavy (non-hydrogen) atoms. The van der Waals surface area contributed by atoms with E-state index >= 15 is 0 Å². The van der Waals surface area contributed by atoms with Gasteiger partial charge in [-0.15, -0.1) is 0 Å². The SMILES string of the molecule is CN=C(NCc1ccco1)N(C)Cc1ccccc1Br. The molecule has 0 aliphatic rings. The molecule has 0 amide bonds. The Labute approximate surface area is 127 Å². The third kappa shape index (κ3) is 3.87. The minimum Gasteiger partial charge on any atom is -0.467 e. The van der Waals surface area contributed by atoms with Gasteiger partial charge in [-0.05, 0) is 23.8 Å². The lowest BCUT2D eigenvalue weighted by Gasteiger charge is -2.22. The van der Waals surface area contributed by atoms with Gasteiger partial charge in [0.2, 0.25) is 0 Å². The highest BCUT2D eigenvalue weighted by Crippen LogP contribution is 2.17. The molecule has 0 aliphatic carbocycles. The van der Waals surface area contributed by atoms with E-state index in [4.69, 9.17) is 4.42 Å². The first kappa shape index (κ1) is 14.7. The van der Waals surface area contributed by atoms with E-state index in [1.807, 2.05) is 37.4 Å². The maximum atomic E-state index is 5.30. The minimum atomic E-state index is 0.625. The zero-order valence-electron chi connectivity index (χ0n) is 11.6. The second kappa shape index (κ2) is 7.14. The molecule has 106 valence electrons. The fourth-order valence-corrected chi connectivity index (χ4v) is 2.33. The average Bonchev–Trinajstić information content (AvgIpc) is 2.95. The number of benzene rings is 1. The highest BCUT2D eigenvalue weighted by Gasteiger charge is 2.08. The standard InChI is InChI=1S/C15H18BrN3O/c1-17-15(18-10-13-7-5-9-20-13)19(2)11-12-6-3-4-8-14(12)16/h3-9H,10-11H2,1-2H3,(H,17,18). The fourth-order valence-electron chi connectivity index (χ4n) is 1.92. The van der Waals surface area contributed by atoms with Crippen LogP contribution >= 0.6 is 15.9 Å². The topological polar surface area (TPSA) is 40.8 Å². The smallest absolute Gasteiger partial charge is 0.194 e. The van der Waals surface area contributed by atoms with E-state index in [2.05, 4.69) is 37.2 Å². The van der Waals surface area contributed by atoms with Crippen molar-refractivity contribution in [3.05, 3.63) is 58.5 Å². The lowest BCUT2D eigenvalue weighted by molar-refractivity contribution is 0.458. The van der Waals surface area contributed by atoms with E-state index in [0.29, 0.717) is 6.54 Å². The second-order valence-corrected chi connectivity index (χ2v) is 5.28. The molecule has 2 rings (SSSR count). The van der Waals surface area contributed by atoms with E-state index in [1.165, 1.54) is 5.56 Å². The van der Waals surface area contributed by atoms with E-state index in [-0.39, 0.29) is 0 Å². The molecule has 1 heterocycles. The van der Waals surface area contributed by atoms with Crippen LogP contribution in [-0.2, 0) is 13.1 Å². The van der Waals surface area contributed by atoms with Crippen LogP contribution in [0.25, 0.3) is 0 Å². The normalized spacial score (nSPS) is 11.4. The zero-order valence-corrected chi connectivity index (χ0v) is 13.2. The second-order valence-electron chi connectivity index (χ2n) is 4.43. The number of furan rings is 1. The quantitative estimate of drug-likeness (QED) is 0.688. The molecule has 0 unspecified atom stereocenters. The van der Waals surface area contributed by atoms with Crippen LogP contribution in [0.5, 0.6) is 0 Å². The Morgan fingerprint density at radius 3 is 2.75 bits per heavy atom. The van der Waals surface area contributed by atoms with Gasteiger partial charge in [0, 0.05) is 25.1 Å². The third-order valence-electron chi connectivity index (χ3n) is 2.94. The Kier molecular flexibility index (Phi) is 5.24. The number of hydrogen-bond acceptors (Lipinski definition) is 2. The molecule has 0 spiro atoms. The molecule has 0 saturated heterocycles. The average molecular weight is 336 g/mol. The summed E-state index contributed by atoms with van der Waals surface area (Å²) < 4.78 is 6.41. The summed E-state index contributed by atoms with van der Waals surface area (Å²) in [6, 6.07) is 12.0. The number of hydrogen-bond donors (Lipinski definition) is 1. The zero-order chi connectivity index (χ0) is 14.4. The van der Waals surface area contributed by atoms with Crippen LogP contribution in [0.15, 0.2) is 56.5 Å². The molecule has 5 heteroatoms. The molecule has 4 nitrogen and oxygen atoms in total. The van der Waals surface area contributed by atoms with Crippen molar-refractivity contribution in [1.82, 2.24) is 10.2 Å². The summed E-state index contributed by atoms with van der Waals surface area (Å²) in [6.45, 7) is 1.40. The molecule has 2 aromatic rings. The fraction of sp³-hybridized carbons (Fsp3) is 0.267. The molecule has 0 radical (unpaired) electrons.